The number of esters is 1. The van der Waals surface area contributed by atoms with Crippen molar-refractivity contribution in [2.45, 2.75) is 19.3 Å². The van der Waals surface area contributed by atoms with E-state index in [-0.39, 0.29) is 18.0 Å². The lowest BCUT2D eigenvalue weighted by atomic mass is 10.1. The summed E-state index contributed by atoms with van der Waals surface area (Å²) in [5, 5.41) is 0. The average Bonchev–Trinajstić information content (AvgIpc) is 2.40. The Hall–Kier alpha value is -1.13. The fourth-order valence-corrected chi connectivity index (χ4v) is 2.15. The van der Waals surface area contributed by atoms with E-state index in [0.29, 0.717) is 6.61 Å². The van der Waals surface area contributed by atoms with E-state index in [9.17, 15) is 9.18 Å². The highest BCUT2D eigenvalue weighted by Gasteiger charge is 2.14. The van der Waals surface area contributed by atoms with Crippen molar-refractivity contribution < 1.29 is 26.3 Å². The molecule has 1 heterocycles. The van der Waals surface area contributed by atoms with E-state index >= 15 is 0 Å². The first-order valence-electron chi connectivity index (χ1n) is 6.41. The van der Waals surface area contributed by atoms with Gasteiger partial charge in [-0.2, -0.15) is 0 Å². The van der Waals surface area contributed by atoms with Crippen molar-refractivity contribution in [1.82, 2.24) is 4.90 Å². The summed E-state index contributed by atoms with van der Waals surface area (Å²) in [7, 11) is 0. The second kappa shape index (κ2) is 8.12. The molecule has 2 rings (SSSR count). The molecule has 106 valence electrons. The van der Waals surface area contributed by atoms with Gasteiger partial charge >= 0.3 is 5.97 Å². The van der Waals surface area contributed by atoms with Crippen LogP contribution in [0, 0.1) is 5.82 Å². The van der Waals surface area contributed by atoms with Gasteiger partial charge in [0.15, 0.2) is 0 Å². The molecule has 0 spiro atoms. The molecule has 0 saturated carbocycles. The maximum absolute atomic E-state index is 13.3. The second-order valence-electron chi connectivity index (χ2n) is 4.52. The molecule has 3 nitrogen and oxygen atoms in total. The number of carbonyl (C=O) groups is 1. The van der Waals surface area contributed by atoms with Gasteiger partial charge < -0.3 is 17.1 Å². The highest BCUT2D eigenvalue weighted by molar-refractivity contribution is 5.89. The van der Waals surface area contributed by atoms with E-state index in [1.165, 1.54) is 31.4 Å². The molecule has 5 heteroatoms. The third-order valence-corrected chi connectivity index (χ3v) is 3.18. The SMILES string of the molecule is O=C(OCCN1CCCCC1)c1ccccc1F.[Cl-]. The number of halogens is 2. The van der Waals surface area contributed by atoms with Crippen LogP contribution in [0.4, 0.5) is 4.39 Å². The molecule has 1 aliphatic rings. The topological polar surface area (TPSA) is 29.5 Å². The fraction of sp³-hybridized carbons (Fsp3) is 0.500. The van der Waals surface area contributed by atoms with Crippen LogP contribution in [0.1, 0.15) is 29.6 Å². The van der Waals surface area contributed by atoms with Crippen LogP contribution in [0.2, 0.25) is 0 Å². The van der Waals surface area contributed by atoms with Crippen LogP contribution in [-0.2, 0) is 4.74 Å². The van der Waals surface area contributed by atoms with Gasteiger partial charge in [-0.25, -0.2) is 9.18 Å². The maximum Gasteiger partial charge on any atom is 0.341 e. The van der Waals surface area contributed by atoms with Gasteiger partial charge in [0.25, 0.3) is 0 Å². The molecule has 0 unspecified atom stereocenters. The summed E-state index contributed by atoms with van der Waals surface area (Å²) in [6.45, 7) is 3.20. The van der Waals surface area contributed by atoms with Crippen LogP contribution in [0.15, 0.2) is 24.3 Å². The first-order chi connectivity index (χ1) is 8.77. The van der Waals surface area contributed by atoms with Gasteiger partial charge in [0.2, 0.25) is 0 Å². The van der Waals surface area contributed by atoms with Crippen LogP contribution >= 0.6 is 0 Å². The number of hydrogen-bond acceptors (Lipinski definition) is 3. The van der Waals surface area contributed by atoms with E-state index in [1.54, 1.807) is 12.1 Å². The van der Waals surface area contributed by atoms with Crippen molar-refractivity contribution in [1.29, 1.82) is 0 Å². The van der Waals surface area contributed by atoms with Gasteiger partial charge in [-0.05, 0) is 38.1 Å². The van der Waals surface area contributed by atoms with Crippen LogP contribution < -0.4 is 12.4 Å². The fourth-order valence-electron chi connectivity index (χ4n) is 2.15. The molecule has 0 amide bonds. The minimum Gasteiger partial charge on any atom is -1.00 e. The summed E-state index contributed by atoms with van der Waals surface area (Å²) in [5.41, 5.74) is 0.0103. The lowest BCUT2D eigenvalue weighted by Gasteiger charge is -2.25. The van der Waals surface area contributed by atoms with Gasteiger partial charge in [-0.3, -0.25) is 4.90 Å². The molecule has 1 fully saturated rings. The van der Waals surface area contributed by atoms with Gasteiger partial charge in [-0.1, -0.05) is 18.6 Å². The Labute approximate surface area is 119 Å². The molecular weight excluding hydrogens is 269 g/mol. The molecule has 0 bridgehead atoms. The minimum atomic E-state index is -0.579. The Morgan fingerprint density at radius 1 is 1.21 bits per heavy atom. The van der Waals surface area contributed by atoms with Gasteiger partial charge in [0, 0.05) is 6.54 Å². The Bertz CT molecular complexity index is 408. The van der Waals surface area contributed by atoms with Crippen molar-refractivity contribution in [3.05, 3.63) is 35.6 Å². The Kier molecular flexibility index (Phi) is 6.81. The third kappa shape index (κ3) is 4.80. The molecule has 1 aliphatic heterocycles. The molecule has 1 aromatic rings. The first-order valence-corrected chi connectivity index (χ1v) is 6.41. The van der Waals surface area contributed by atoms with Crippen LogP contribution in [0.25, 0.3) is 0 Å². The molecule has 0 aromatic heterocycles. The quantitative estimate of drug-likeness (QED) is 0.697. The van der Waals surface area contributed by atoms with Crippen LogP contribution in [0.3, 0.4) is 0 Å². The summed E-state index contributed by atoms with van der Waals surface area (Å²) in [4.78, 5) is 13.9. The standard InChI is InChI=1S/C14H18FNO2.ClH/c15-13-7-3-2-6-12(13)14(17)18-11-10-16-8-4-1-5-9-16;/h2-3,6-7H,1,4-5,8-11H2;1H/p-1. The molecule has 19 heavy (non-hydrogen) atoms. The Balaban J connectivity index is 0.00000180. The molecule has 0 N–H and O–H groups in total. The van der Waals surface area contributed by atoms with Crippen molar-refractivity contribution in [2.75, 3.05) is 26.2 Å². The molecule has 0 radical (unpaired) electrons. The maximum atomic E-state index is 13.3. The highest BCUT2D eigenvalue weighted by atomic mass is 35.5. The third-order valence-electron chi connectivity index (χ3n) is 3.18. The Morgan fingerprint density at radius 2 is 1.89 bits per heavy atom. The molecule has 0 aliphatic carbocycles. The normalized spacial score (nSPS) is 15.6. The summed E-state index contributed by atoms with van der Waals surface area (Å²) >= 11 is 0. The van der Waals surface area contributed by atoms with Crippen molar-refractivity contribution in [2.24, 2.45) is 0 Å². The summed E-state index contributed by atoms with van der Waals surface area (Å²) in [6.07, 6.45) is 3.70. The summed E-state index contributed by atoms with van der Waals surface area (Å²) in [6, 6.07) is 5.89. The predicted molar refractivity (Wildman–Crippen MR) is 67.0 cm³/mol. The average molecular weight is 287 g/mol. The van der Waals surface area contributed by atoms with Gasteiger partial charge in [0.05, 0.1) is 5.56 Å². The van der Waals surface area contributed by atoms with Gasteiger partial charge in [0.1, 0.15) is 12.4 Å². The highest BCUT2D eigenvalue weighted by Crippen LogP contribution is 2.10. The summed E-state index contributed by atoms with van der Waals surface area (Å²) in [5.74, 6) is -1.11. The number of nitrogens with zero attached hydrogens (tertiary/aromatic N) is 1. The molecule has 1 saturated heterocycles. The summed E-state index contributed by atoms with van der Waals surface area (Å²) < 4.78 is 18.4. The number of likely N-dealkylation sites (tertiary alicyclic amines) is 1. The monoisotopic (exact) mass is 286 g/mol. The minimum absolute atomic E-state index is 0. The van der Waals surface area contributed by atoms with Gasteiger partial charge in [-0.15, -0.1) is 0 Å². The van der Waals surface area contributed by atoms with Crippen molar-refractivity contribution >= 4 is 5.97 Å². The smallest absolute Gasteiger partial charge is 0.341 e. The van der Waals surface area contributed by atoms with E-state index < -0.39 is 11.8 Å². The van der Waals surface area contributed by atoms with Crippen LogP contribution in [-0.4, -0.2) is 37.1 Å². The van der Waals surface area contributed by atoms with Crippen molar-refractivity contribution in [3.63, 3.8) is 0 Å². The Morgan fingerprint density at radius 3 is 2.58 bits per heavy atom. The predicted octanol–water partition coefficient (Wildman–Crippen LogP) is -0.528. The van der Waals surface area contributed by atoms with Crippen LogP contribution in [0.5, 0.6) is 0 Å². The molecule has 1 aromatic carbocycles. The van der Waals surface area contributed by atoms with E-state index in [2.05, 4.69) is 4.90 Å². The number of piperidine rings is 1. The van der Waals surface area contributed by atoms with E-state index in [4.69, 9.17) is 4.74 Å². The second-order valence-corrected chi connectivity index (χ2v) is 4.52. The lowest BCUT2D eigenvalue weighted by molar-refractivity contribution is -0.0000246. The zero-order valence-corrected chi connectivity index (χ0v) is 11.5. The number of ether oxygens (including phenoxy) is 1. The molecule has 0 atom stereocenters. The number of benzene rings is 1. The number of hydrogen-bond donors (Lipinski definition) is 0. The molecular formula is C14H18ClFNO2-. The largest absolute Gasteiger partial charge is 1.00 e. The zero-order valence-electron chi connectivity index (χ0n) is 10.8. The zero-order chi connectivity index (χ0) is 12.8. The van der Waals surface area contributed by atoms with E-state index in [1.807, 2.05) is 0 Å². The number of carbonyl (C=O) groups excluding carboxylic acids is 1. The first kappa shape index (κ1) is 15.9. The lowest BCUT2D eigenvalue weighted by Crippen LogP contribution is -3.00. The number of rotatable bonds is 4. The van der Waals surface area contributed by atoms with Crippen molar-refractivity contribution in [3.8, 4) is 0 Å². The van der Waals surface area contributed by atoms with E-state index in [0.717, 1.165) is 19.6 Å².